The van der Waals surface area contributed by atoms with E-state index in [0.717, 1.165) is 37.4 Å². The summed E-state index contributed by atoms with van der Waals surface area (Å²) in [5.41, 5.74) is 0.156. The number of likely N-dealkylation sites (tertiary alicyclic amines) is 2. The number of nitrogens with zero attached hydrogens (tertiary/aromatic N) is 3. The van der Waals surface area contributed by atoms with Crippen LogP contribution in [0.25, 0.3) is 0 Å². The first-order valence-electron chi connectivity index (χ1n) is 11.2. The molecule has 3 aliphatic heterocycles. The van der Waals surface area contributed by atoms with Gasteiger partial charge in [0, 0.05) is 26.2 Å². The fourth-order valence-electron chi connectivity index (χ4n) is 5.00. The molecule has 1 aromatic carbocycles. The number of nitrogens with one attached hydrogen (secondary N) is 1. The van der Waals surface area contributed by atoms with E-state index >= 15 is 0 Å². The van der Waals surface area contributed by atoms with E-state index in [1.807, 2.05) is 24.3 Å². The molecule has 8 nitrogen and oxygen atoms in total. The number of amides is 4. The lowest BCUT2D eigenvalue weighted by atomic mass is 9.87. The molecule has 0 unspecified atom stereocenters. The van der Waals surface area contributed by atoms with Crippen LogP contribution in [0, 0.1) is 0 Å². The highest BCUT2D eigenvalue weighted by molar-refractivity contribution is 6.07. The van der Waals surface area contributed by atoms with Gasteiger partial charge in [-0.3, -0.25) is 14.5 Å². The van der Waals surface area contributed by atoms with Crippen molar-refractivity contribution in [1.82, 2.24) is 20.0 Å². The number of carbonyl (C=O) groups excluding carboxylic acids is 3. The number of hydrogen-bond donors (Lipinski definition) is 1. The van der Waals surface area contributed by atoms with Gasteiger partial charge in [0.05, 0.1) is 19.6 Å². The van der Waals surface area contributed by atoms with Gasteiger partial charge in [0.25, 0.3) is 5.91 Å². The van der Waals surface area contributed by atoms with Crippen molar-refractivity contribution in [3.05, 3.63) is 29.8 Å². The third-order valence-corrected chi connectivity index (χ3v) is 6.84. The highest BCUT2D eigenvalue weighted by Gasteiger charge is 2.54. The Hall–Kier alpha value is -2.61. The van der Waals surface area contributed by atoms with Crippen molar-refractivity contribution in [3.63, 3.8) is 0 Å². The zero-order valence-electron chi connectivity index (χ0n) is 18.4. The fourth-order valence-corrected chi connectivity index (χ4v) is 5.00. The Morgan fingerprint density at radius 2 is 1.87 bits per heavy atom. The van der Waals surface area contributed by atoms with Crippen molar-refractivity contribution >= 4 is 17.8 Å². The summed E-state index contributed by atoms with van der Waals surface area (Å²) in [7, 11) is 1.61. The van der Waals surface area contributed by atoms with Crippen LogP contribution in [0.15, 0.2) is 24.3 Å². The Balaban J connectivity index is 1.35. The molecular formula is C23H32N4O4. The van der Waals surface area contributed by atoms with Crippen LogP contribution < -0.4 is 10.1 Å². The molecule has 0 aliphatic carbocycles. The maximum Gasteiger partial charge on any atom is 0.325 e. The lowest BCUT2D eigenvalue weighted by Crippen LogP contribution is -2.55. The number of rotatable bonds is 6. The molecule has 168 valence electrons. The number of benzene rings is 1. The second-order valence-corrected chi connectivity index (χ2v) is 8.84. The van der Waals surface area contributed by atoms with E-state index in [9.17, 15) is 14.4 Å². The standard InChI is InChI=1S/C23H32N4O4/c1-3-11-25-13-9-23(10-14-25)21(29)27(22(30)24-23)18-8-12-26(16-18)20(28)15-17-4-6-19(31-2)7-5-17/h4-7,18H,3,8-16H2,1-2H3,(H,24,30)/t18-/m0/s1. The third kappa shape index (κ3) is 4.26. The number of ether oxygens (including phenoxy) is 1. The first kappa shape index (κ1) is 21.6. The van der Waals surface area contributed by atoms with E-state index in [1.165, 1.54) is 4.90 Å². The zero-order valence-corrected chi connectivity index (χ0v) is 18.4. The SMILES string of the molecule is CCCN1CCC2(CC1)NC(=O)N([C@H]1CCN(C(=O)Cc3ccc(OC)cc3)C1)C2=O. The summed E-state index contributed by atoms with van der Waals surface area (Å²) < 4.78 is 5.16. The van der Waals surface area contributed by atoms with Crippen molar-refractivity contribution < 1.29 is 19.1 Å². The maximum absolute atomic E-state index is 13.3. The monoisotopic (exact) mass is 428 g/mol. The Bertz CT molecular complexity index is 832. The van der Waals surface area contributed by atoms with Gasteiger partial charge in [-0.05, 0) is 49.9 Å². The molecule has 3 aliphatic rings. The Morgan fingerprint density at radius 3 is 2.52 bits per heavy atom. The molecule has 8 heteroatoms. The van der Waals surface area contributed by atoms with Crippen LogP contribution >= 0.6 is 0 Å². The Labute approximate surface area is 183 Å². The van der Waals surface area contributed by atoms with Gasteiger partial charge in [-0.2, -0.15) is 0 Å². The van der Waals surface area contributed by atoms with E-state index in [4.69, 9.17) is 4.74 Å². The van der Waals surface area contributed by atoms with Gasteiger partial charge in [0.2, 0.25) is 5.91 Å². The minimum absolute atomic E-state index is 0.0160. The second kappa shape index (κ2) is 8.86. The van der Waals surface area contributed by atoms with Gasteiger partial charge in [-0.25, -0.2) is 4.79 Å². The molecule has 3 fully saturated rings. The van der Waals surface area contributed by atoms with Crippen LogP contribution in [0.4, 0.5) is 4.79 Å². The highest BCUT2D eigenvalue weighted by atomic mass is 16.5. The van der Waals surface area contributed by atoms with Gasteiger partial charge < -0.3 is 19.9 Å². The molecule has 1 aromatic rings. The minimum atomic E-state index is -0.762. The van der Waals surface area contributed by atoms with E-state index < -0.39 is 5.54 Å². The molecule has 0 aromatic heterocycles. The summed E-state index contributed by atoms with van der Waals surface area (Å²) in [4.78, 5) is 44.3. The topological polar surface area (TPSA) is 82.2 Å². The van der Waals surface area contributed by atoms with E-state index in [2.05, 4.69) is 17.1 Å². The molecule has 0 saturated carbocycles. The number of hydrogen-bond acceptors (Lipinski definition) is 5. The average Bonchev–Trinajstić information content (AvgIpc) is 3.34. The summed E-state index contributed by atoms with van der Waals surface area (Å²) in [6.07, 6.45) is 3.32. The average molecular weight is 429 g/mol. The third-order valence-electron chi connectivity index (χ3n) is 6.84. The van der Waals surface area contributed by atoms with Crippen molar-refractivity contribution in [2.75, 3.05) is 39.8 Å². The maximum atomic E-state index is 13.3. The summed E-state index contributed by atoms with van der Waals surface area (Å²) in [5, 5.41) is 3.00. The van der Waals surface area contributed by atoms with Crippen LogP contribution in [0.1, 0.15) is 38.2 Å². The summed E-state index contributed by atoms with van der Waals surface area (Å²) >= 11 is 0. The number of methoxy groups -OCH3 is 1. The van der Waals surface area contributed by atoms with Crippen LogP contribution in [-0.4, -0.2) is 84.0 Å². The van der Waals surface area contributed by atoms with E-state index in [0.29, 0.717) is 38.8 Å². The zero-order chi connectivity index (χ0) is 22.0. The quantitative estimate of drug-likeness (QED) is 0.697. The largest absolute Gasteiger partial charge is 0.497 e. The fraction of sp³-hybridized carbons (Fsp3) is 0.609. The van der Waals surface area contributed by atoms with Crippen molar-refractivity contribution in [2.24, 2.45) is 0 Å². The van der Waals surface area contributed by atoms with Gasteiger partial charge in [0.1, 0.15) is 11.3 Å². The molecule has 3 heterocycles. The van der Waals surface area contributed by atoms with Crippen LogP contribution in [0.5, 0.6) is 5.75 Å². The molecule has 31 heavy (non-hydrogen) atoms. The minimum Gasteiger partial charge on any atom is -0.497 e. The Morgan fingerprint density at radius 1 is 1.16 bits per heavy atom. The predicted octanol–water partition coefficient (Wildman–Crippen LogP) is 1.63. The van der Waals surface area contributed by atoms with Gasteiger partial charge in [-0.1, -0.05) is 19.1 Å². The molecule has 0 bridgehead atoms. The number of piperidine rings is 1. The smallest absolute Gasteiger partial charge is 0.325 e. The van der Waals surface area contributed by atoms with Crippen LogP contribution in [0.3, 0.4) is 0 Å². The molecule has 1 spiro atoms. The van der Waals surface area contributed by atoms with Crippen molar-refractivity contribution in [1.29, 1.82) is 0 Å². The Kier molecular flexibility index (Phi) is 6.18. The van der Waals surface area contributed by atoms with Crippen molar-refractivity contribution in [3.8, 4) is 5.75 Å². The number of imide groups is 1. The molecule has 0 radical (unpaired) electrons. The molecule has 4 amide bonds. The van der Waals surface area contributed by atoms with Gasteiger partial charge >= 0.3 is 6.03 Å². The highest BCUT2D eigenvalue weighted by Crippen LogP contribution is 2.32. The predicted molar refractivity (Wildman–Crippen MR) is 116 cm³/mol. The summed E-state index contributed by atoms with van der Waals surface area (Å²) in [6, 6.07) is 6.90. The first-order chi connectivity index (χ1) is 15.0. The molecule has 1 N–H and O–H groups in total. The second-order valence-electron chi connectivity index (χ2n) is 8.84. The van der Waals surface area contributed by atoms with Crippen LogP contribution in [-0.2, 0) is 16.0 Å². The number of carbonyl (C=O) groups is 3. The molecule has 3 saturated heterocycles. The molecular weight excluding hydrogens is 396 g/mol. The number of urea groups is 1. The molecule has 1 atom stereocenters. The summed E-state index contributed by atoms with van der Waals surface area (Å²) in [5.74, 6) is 0.663. The van der Waals surface area contributed by atoms with Gasteiger partial charge in [0.15, 0.2) is 0 Å². The summed E-state index contributed by atoms with van der Waals surface area (Å²) in [6.45, 7) is 5.79. The van der Waals surface area contributed by atoms with Crippen molar-refractivity contribution in [2.45, 2.75) is 50.6 Å². The first-order valence-corrected chi connectivity index (χ1v) is 11.2. The van der Waals surface area contributed by atoms with Crippen LogP contribution in [0.2, 0.25) is 0 Å². The lowest BCUT2D eigenvalue weighted by Gasteiger charge is -2.37. The van der Waals surface area contributed by atoms with E-state index in [1.54, 1.807) is 12.0 Å². The normalized spacial score (nSPS) is 23.5. The van der Waals surface area contributed by atoms with Gasteiger partial charge in [-0.15, -0.1) is 0 Å². The van der Waals surface area contributed by atoms with E-state index in [-0.39, 0.29) is 23.9 Å². The molecule has 4 rings (SSSR count). The lowest BCUT2D eigenvalue weighted by molar-refractivity contribution is -0.135.